The van der Waals surface area contributed by atoms with Crippen LogP contribution in [-0.4, -0.2) is 9.78 Å². The number of nitrogens with zero attached hydrogens (tertiary/aromatic N) is 2. The van der Waals surface area contributed by atoms with Crippen LogP contribution in [0.5, 0.6) is 0 Å². The number of nitrogen functional groups attached to an aromatic ring is 1. The Bertz CT molecular complexity index is 526. The van der Waals surface area contributed by atoms with Crippen molar-refractivity contribution in [2.45, 2.75) is 33.7 Å². The summed E-state index contributed by atoms with van der Waals surface area (Å²) in [5.74, 6) is 0. The van der Waals surface area contributed by atoms with Crippen molar-refractivity contribution >= 4 is 5.69 Å². The SMILES string of the molecule is CCCn1cc(N)c(-c2cc(C)ccc2C)n1. The van der Waals surface area contributed by atoms with Crippen LogP contribution in [0.1, 0.15) is 24.5 Å². The summed E-state index contributed by atoms with van der Waals surface area (Å²) in [5.41, 5.74) is 11.3. The average Bonchev–Trinajstić information content (AvgIpc) is 2.64. The summed E-state index contributed by atoms with van der Waals surface area (Å²) in [6.45, 7) is 7.22. The van der Waals surface area contributed by atoms with Gasteiger partial charge in [-0.1, -0.05) is 24.6 Å². The third kappa shape index (κ3) is 2.33. The van der Waals surface area contributed by atoms with Crippen molar-refractivity contribution in [3.63, 3.8) is 0 Å². The first kappa shape index (κ1) is 11.7. The number of benzene rings is 1. The third-order valence-corrected chi connectivity index (χ3v) is 2.89. The predicted molar refractivity (Wildman–Crippen MR) is 71.8 cm³/mol. The van der Waals surface area contributed by atoms with Crippen LogP contribution in [0, 0.1) is 13.8 Å². The number of hydrogen-bond donors (Lipinski definition) is 1. The third-order valence-electron chi connectivity index (χ3n) is 2.89. The van der Waals surface area contributed by atoms with Crippen molar-refractivity contribution in [2.24, 2.45) is 0 Å². The maximum atomic E-state index is 6.04. The summed E-state index contributed by atoms with van der Waals surface area (Å²) in [4.78, 5) is 0. The molecular weight excluding hydrogens is 210 g/mol. The quantitative estimate of drug-likeness (QED) is 0.878. The maximum Gasteiger partial charge on any atom is 0.115 e. The van der Waals surface area contributed by atoms with E-state index in [9.17, 15) is 0 Å². The molecule has 0 fully saturated rings. The molecule has 0 aliphatic rings. The number of nitrogens with two attached hydrogens (primary N) is 1. The zero-order valence-electron chi connectivity index (χ0n) is 10.7. The number of aromatic nitrogens is 2. The van der Waals surface area contributed by atoms with E-state index in [0.29, 0.717) is 0 Å². The van der Waals surface area contributed by atoms with E-state index in [1.165, 1.54) is 11.1 Å². The molecule has 17 heavy (non-hydrogen) atoms. The lowest BCUT2D eigenvalue weighted by molar-refractivity contribution is 0.604. The molecule has 3 heteroatoms. The molecular formula is C14H19N3. The minimum Gasteiger partial charge on any atom is -0.396 e. The van der Waals surface area contributed by atoms with Gasteiger partial charge in [-0.3, -0.25) is 4.68 Å². The second kappa shape index (κ2) is 4.62. The van der Waals surface area contributed by atoms with Gasteiger partial charge in [0.15, 0.2) is 0 Å². The molecule has 0 radical (unpaired) electrons. The molecule has 1 heterocycles. The predicted octanol–water partition coefficient (Wildman–Crippen LogP) is 3.16. The summed E-state index contributed by atoms with van der Waals surface area (Å²) in [6, 6.07) is 6.37. The number of anilines is 1. The zero-order chi connectivity index (χ0) is 12.4. The largest absolute Gasteiger partial charge is 0.396 e. The van der Waals surface area contributed by atoms with Gasteiger partial charge in [-0.2, -0.15) is 5.10 Å². The van der Waals surface area contributed by atoms with Crippen LogP contribution in [0.25, 0.3) is 11.3 Å². The van der Waals surface area contributed by atoms with Crippen LogP contribution in [0.4, 0.5) is 5.69 Å². The molecule has 1 aromatic carbocycles. The second-order valence-corrected chi connectivity index (χ2v) is 4.51. The highest BCUT2D eigenvalue weighted by Crippen LogP contribution is 2.27. The van der Waals surface area contributed by atoms with Gasteiger partial charge in [0.25, 0.3) is 0 Å². The lowest BCUT2D eigenvalue weighted by Gasteiger charge is -2.05. The standard InChI is InChI=1S/C14H19N3/c1-4-7-17-9-13(15)14(16-17)12-8-10(2)5-6-11(12)3/h5-6,8-9H,4,7,15H2,1-3H3. The van der Waals surface area contributed by atoms with Crippen LogP contribution in [0.3, 0.4) is 0 Å². The van der Waals surface area contributed by atoms with Gasteiger partial charge in [-0.25, -0.2) is 0 Å². The van der Waals surface area contributed by atoms with Gasteiger partial charge in [0.1, 0.15) is 5.69 Å². The molecule has 2 aromatic rings. The second-order valence-electron chi connectivity index (χ2n) is 4.51. The molecule has 0 aliphatic heterocycles. The first-order chi connectivity index (χ1) is 8.11. The minimum absolute atomic E-state index is 0.757. The van der Waals surface area contributed by atoms with E-state index in [0.717, 1.165) is 29.9 Å². The summed E-state index contributed by atoms with van der Waals surface area (Å²) < 4.78 is 1.92. The number of hydrogen-bond acceptors (Lipinski definition) is 2. The van der Waals surface area contributed by atoms with E-state index < -0.39 is 0 Å². The average molecular weight is 229 g/mol. The monoisotopic (exact) mass is 229 g/mol. The van der Waals surface area contributed by atoms with Crippen LogP contribution in [-0.2, 0) is 6.54 Å². The van der Waals surface area contributed by atoms with E-state index >= 15 is 0 Å². The molecule has 0 saturated carbocycles. The molecule has 0 amide bonds. The Morgan fingerprint density at radius 3 is 2.76 bits per heavy atom. The van der Waals surface area contributed by atoms with Gasteiger partial charge >= 0.3 is 0 Å². The lowest BCUT2D eigenvalue weighted by Crippen LogP contribution is -1.97. The van der Waals surface area contributed by atoms with Crippen molar-refractivity contribution in [1.82, 2.24) is 9.78 Å². The molecule has 0 bridgehead atoms. The Morgan fingerprint density at radius 2 is 2.06 bits per heavy atom. The molecule has 0 unspecified atom stereocenters. The van der Waals surface area contributed by atoms with E-state index in [4.69, 9.17) is 5.73 Å². The van der Waals surface area contributed by atoms with Crippen LogP contribution >= 0.6 is 0 Å². The molecule has 2 N–H and O–H groups in total. The fraction of sp³-hybridized carbons (Fsp3) is 0.357. The van der Waals surface area contributed by atoms with Crippen molar-refractivity contribution in [1.29, 1.82) is 0 Å². The normalized spacial score (nSPS) is 10.8. The first-order valence-corrected chi connectivity index (χ1v) is 6.02. The number of rotatable bonds is 3. The van der Waals surface area contributed by atoms with Gasteiger partial charge in [-0.15, -0.1) is 0 Å². The number of aryl methyl sites for hydroxylation is 3. The Kier molecular flexibility index (Phi) is 3.18. The van der Waals surface area contributed by atoms with Crippen molar-refractivity contribution in [3.8, 4) is 11.3 Å². The smallest absolute Gasteiger partial charge is 0.115 e. The Morgan fingerprint density at radius 1 is 1.29 bits per heavy atom. The molecule has 0 saturated heterocycles. The molecule has 2 rings (SSSR count). The molecule has 1 aromatic heterocycles. The summed E-state index contributed by atoms with van der Waals surface area (Å²) >= 11 is 0. The maximum absolute atomic E-state index is 6.04. The topological polar surface area (TPSA) is 43.8 Å². The highest BCUT2D eigenvalue weighted by Gasteiger charge is 2.10. The molecule has 0 atom stereocenters. The van der Waals surface area contributed by atoms with Gasteiger partial charge in [0.2, 0.25) is 0 Å². The van der Waals surface area contributed by atoms with E-state index in [1.807, 2.05) is 10.9 Å². The van der Waals surface area contributed by atoms with Gasteiger partial charge < -0.3 is 5.73 Å². The summed E-state index contributed by atoms with van der Waals surface area (Å²) in [7, 11) is 0. The Hall–Kier alpha value is -1.77. The van der Waals surface area contributed by atoms with Crippen LogP contribution < -0.4 is 5.73 Å². The van der Waals surface area contributed by atoms with Gasteiger partial charge in [0.05, 0.1) is 5.69 Å². The summed E-state index contributed by atoms with van der Waals surface area (Å²) in [6.07, 6.45) is 2.98. The fourth-order valence-electron chi connectivity index (χ4n) is 1.98. The van der Waals surface area contributed by atoms with Crippen molar-refractivity contribution in [2.75, 3.05) is 5.73 Å². The Balaban J connectivity index is 2.48. The van der Waals surface area contributed by atoms with Gasteiger partial charge in [0, 0.05) is 18.3 Å². The first-order valence-electron chi connectivity index (χ1n) is 6.02. The molecule has 0 spiro atoms. The summed E-state index contributed by atoms with van der Waals surface area (Å²) in [5, 5.41) is 4.56. The van der Waals surface area contributed by atoms with E-state index in [2.05, 4.69) is 44.1 Å². The van der Waals surface area contributed by atoms with Crippen LogP contribution in [0.15, 0.2) is 24.4 Å². The van der Waals surface area contributed by atoms with E-state index in [-0.39, 0.29) is 0 Å². The van der Waals surface area contributed by atoms with Crippen LogP contribution in [0.2, 0.25) is 0 Å². The lowest BCUT2D eigenvalue weighted by atomic mass is 10.0. The van der Waals surface area contributed by atoms with Gasteiger partial charge in [-0.05, 0) is 31.9 Å². The molecule has 0 aliphatic carbocycles. The minimum atomic E-state index is 0.757. The highest BCUT2D eigenvalue weighted by molar-refractivity contribution is 5.74. The highest BCUT2D eigenvalue weighted by atomic mass is 15.3. The molecule has 3 nitrogen and oxygen atoms in total. The molecule has 90 valence electrons. The zero-order valence-corrected chi connectivity index (χ0v) is 10.7. The van der Waals surface area contributed by atoms with Crippen molar-refractivity contribution in [3.05, 3.63) is 35.5 Å². The van der Waals surface area contributed by atoms with E-state index in [1.54, 1.807) is 0 Å². The van der Waals surface area contributed by atoms with Crippen molar-refractivity contribution < 1.29 is 0 Å². The fourth-order valence-corrected chi connectivity index (χ4v) is 1.98. The Labute approximate surface area is 102 Å².